The first-order chi connectivity index (χ1) is 6.66. The van der Waals surface area contributed by atoms with E-state index in [1.54, 1.807) is 6.07 Å². The molecule has 0 aromatic heterocycles. The van der Waals surface area contributed by atoms with Gasteiger partial charge in [-0.25, -0.2) is 4.39 Å². The normalized spacial score (nSPS) is 18.2. The monoisotopic (exact) mass is 213 g/mol. The summed E-state index contributed by atoms with van der Waals surface area (Å²) in [4.78, 5) is 0. The van der Waals surface area contributed by atoms with Crippen molar-refractivity contribution in [1.29, 1.82) is 0 Å². The van der Waals surface area contributed by atoms with Crippen molar-refractivity contribution < 1.29 is 4.39 Å². The lowest BCUT2D eigenvalue weighted by Gasteiger charge is -2.14. The molecule has 2 rings (SSSR count). The minimum atomic E-state index is -0.280. The Hall–Kier alpha value is -0.600. The van der Waals surface area contributed by atoms with Crippen LogP contribution in [-0.4, -0.2) is 6.04 Å². The van der Waals surface area contributed by atoms with Gasteiger partial charge >= 0.3 is 0 Å². The van der Waals surface area contributed by atoms with E-state index in [1.165, 1.54) is 25.0 Å². The molecule has 0 unspecified atom stereocenters. The minimum Gasteiger partial charge on any atom is -0.307 e. The molecular formula is C11H13ClFN. The summed E-state index contributed by atoms with van der Waals surface area (Å²) in [5.74, 6) is -0.280. The molecule has 1 aliphatic carbocycles. The predicted molar refractivity (Wildman–Crippen MR) is 56.0 cm³/mol. The van der Waals surface area contributed by atoms with Crippen LogP contribution in [0.4, 0.5) is 4.39 Å². The molecule has 1 aromatic carbocycles. The Morgan fingerprint density at radius 3 is 2.79 bits per heavy atom. The first-order valence-electron chi connectivity index (χ1n) is 4.88. The molecular weight excluding hydrogens is 201 g/mol. The molecule has 1 aromatic rings. The number of nitrogens with one attached hydrogen (secondary N) is 1. The number of benzene rings is 1. The van der Waals surface area contributed by atoms with Gasteiger partial charge in [0.1, 0.15) is 5.82 Å². The fourth-order valence-corrected chi connectivity index (χ4v) is 1.88. The summed E-state index contributed by atoms with van der Waals surface area (Å²) in [7, 11) is 0. The van der Waals surface area contributed by atoms with E-state index in [0.717, 1.165) is 5.56 Å². The van der Waals surface area contributed by atoms with Gasteiger partial charge in [-0.1, -0.05) is 17.7 Å². The van der Waals surface area contributed by atoms with E-state index in [2.05, 4.69) is 12.2 Å². The Kier molecular flexibility index (Phi) is 2.75. The smallest absolute Gasteiger partial charge is 0.124 e. The highest BCUT2D eigenvalue weighted by Crippen LogP contribution is 2.28. The first kappa shape index (κ1) is 9.94. The zero-order chi connectivity index (χ0) is 10.1. The Balaban J connectivity index is 2.13. The van der Waals surface area contributed by atoms with Crippen LogP contribution in [0.25, 0.3) is 0 Å². The predicted octanol–water partition coefficient (Wildman–Crippen LogP) is 3.29. The Morgan fingerprint density at radius 2 is 2.21 bits per heavy atom. The molecule has 0 bridgehead atoms. The zero-order valence-electron chi connectivity index (χ0n) is 8.06. The van der Waals surface area contributed by atoms with Crippen LogP contribution in [-0.2, 0) is 0 Å². The SMILES string of the molecule is C[C@@H](NC1CC1)c1ccc(F)cc1Cl. The Labute approximate surface area is 88.3 Å². The van der Waals surface area contributed by atoms with Crippen molar-refractivity contribution in [3.05, 3.63) is 34.6 Å². The van der Waals surface area contributed by atoms with Gasteiger partial charge in [0.2, 0.25) is 0 Å². The summed E-state index contributed by atoms with van der Waals surface area (Å²) in [5.41, 5.74) is 0.972. The molecule has 0 saturated heterocycles. The maximum Gasteiger partial charge on any atom is 0.124 e. The molecule has 1 aliphatic rings. The number of hydrogen-bond acceptors (Lipinski definition) is 1. The van der Waals surface area contributed by atoms with E-state index in [9.17, 15) is 4.39 Å². The van der Waals surface area contributed by atoms with Crippen LogP contribution in [0.3, 0.4) is 0 Å². The van der Waals surface area contributed by atoms with Crippen molar-refractivity contribution in [1.82, 2.24) is 5.32 Å². The second-order valence-corrected chi connectivity index (χ2v) is 4.24. The van der Waals surface area contributed by atoms with E-state index in [1.807, 2.05) is 0 Å². The summed E-state index contributed by atoms with van der Waals surface area (Å²) in [6, 6.07) is 5.40. The van der Waals surface area contributed by atoms with Gasteiger partial charge in [0.05, 0.1) is 0 Å². The number of hydrogen-bond donors (Lipinski definition) is 1. The summed E-state index contributed by atoms with van der Waals surface area (Å²) >= 11 is 5.95. The molecule has 1 fully saturated rings. The molecule has 0 aliphatic heterocycles. The van der Waals surface area contributed by atoms with Crippen molar-refractivity contribution in [2.24, 2.45) is 0 Å². The van der Waals surface area contributed by atoms with Gasteiger partial charge in [0.25, 0.3) is 0 Å². The molecule has 76 valence electrons. The summed E-state index contributed by atoms with van der Waals surface area (Å²) in [6.07, 6.45) is 2.48. The standard InChI is InChI=1S/C11H13ClFN/c1-7(14-9-3-4-9)10-5-2-8(13)6-11(10)12/h2,5-7,9,14H,3-4H2,1H3/t7-/m1/s1. The van der Waals surface area contributed by atoms with Crippen LogP contribution in [0.5, 0.6) is 0 Å². The second-order valence-electron chi connectivity index (χ2n) is 3.83. The topological polar surface area (TPSA) is 12.0 Å². The van der Waals surface area contributed by atoms with Crippen LogP contribution in [0.1, 0.15) is 31.4 Å². The number of rotatable bonds is 3. The van der Waals surface area contributed by atoms with Crippen LogP contribution in [0.2, 0.25) is 5.02 Å². The highest BCUT2D eigenvalue weighted by molar-refractivity contribution is 6.31. The molecule has 14 heavy (non-hydrogen) atoms. The third-order valence-corrected chi connectivity index (χ3v) is 2.82. The first-order valence-corrected chi connectivity index (χ1v) is 5.25. The fraction of sp³-hybridized carbons (Fsp3) is 0.455. The molecule has 1 N–H and O–H groups in total. The van der Waals surface area contributed by atoms with Gasteiger partial charge in [-0.15, -0.1) is 0 Å². The fourth-order valence-electron chi connectivity index (χ4n) is 1.55. The van der Waals surface area contributed by atoms with E-state index in [4.69, 9.17) is 11.6 Å². The lowest BCUT2D eigenvalue weighted by atomic mass is 10.1. The highest BCUT2D eigenvalue weighted by Gasteiger charge is 2.23. The molecule has 3 heteroatoms. The van der Waals surface area contributed by atoms with Crippen molar-refractivity contribution in [3.8, 4) is 0 Å². The lowest BCUT2D eigenvalue weighted by molar-refractivity contribution is 0.568. The van der Waals surface area contributed by atoms with E-state index < -0.39 is 0 Å². The van der Waals surface area contributed by atoms with Crippen molar-refractivity contribution in [2.45, 2.75) is 31.8 Å². The highest BCUT2D eigenvalue weighted by atomic mass is 35.5. The van der Waals surface area contributed by atoms with Crippen LogP contribution >= 0.6 is 11.6 Å². The maximum atomic E-state index is 12.8. The average Bonchev–Trinajstić information content (AvgIpc) is 2.87. The summed E-state index contributed by atoms with van der Waals surface area (Å²) in [6.45, 7) is 2.05. The largest absolute Gasteiger partial charge is 0.307 e. The zero-order valence-corrected chi connectivity index (χ0v) is 8.81. The van der Waals surface area contributed by atoms with Crippen LogP contribution < -0.4 is 5.32 Å². The maximum absolute atomic E-state index is 12.8. The molecule has 0 heterocycles. The van der Waals surface area contributed by atoms with E-state index in [0.29, 0.717) is 11.1 Å². The van der Waals surface area contributed by atoms with Gasteiger partial charge in [-0.3, -0.25) is 0 Å². The van der Waals surface area contributed by atoms with Gasteiger partial charge < -0.3 is 5.32 Å². The third-order valence-electron chi connectivity index (χ3n) is 2.49. The quantitative estimate of drug-likeness (QED) is 0.813. The van der Waals surface area contributed by atoms with E-state index in [-0.39, 0.29) is 11.9 Å². The number of halogens is 2. The Bertz CT molecular complexity index is 336. The second kappa shape index (κ2) is 3.87. The molecule has 0 radical (unpaired) electrons. The van der Waals surface area contributed by atoms with Crippen molar-refractivity contribution in [3.63, 3.8) is 0 Å². The average molecular weight is 214 g/mol. The van der Waals surface area contributed by atoms with Gasteiger partial charge in [-0.05, 0) is 37.5 Å². The molecule has 1 saturated carbocycles. The van der Waals surface area contributed by atoms with E-state index >= 15 is 0 Å². The Morgan fingerprint density at radius 1 is 1.50 bits per heavy atom. The van der Waals surface area contributed by atoms with Crippen LogP contribution in [0.15, 0.2) is 18.2 Å². The minimum absolute atomic E-state index is 0.204. The van der Waals surface area contributed by atoms with Gasteiger partial charge in [0, 0.05) is 17.1 Å². The molecule has 0 amide bonds. The molecule has 1 nitrogen and oxygen atoms in total. The summed E-state index contributed by atoms with van der Waals surface area (Å²) in [5, 5.41) is 3.93. The molecule has 0 spiro atoms. The van der Waals surface area contributed by atoms with Crippen molar-refractivity contribution >= 4 is 11.6 Å². The van der Waals surface area contributed by atoms with Gasteiger partial charge in [-0.2, -0.15) is 0 Å². The lowest BCUT2D eigenvalue weighted by Crippen LogP contribution is -2.20. The van der Waals surface area contributed by atoms with Gasteiger partial charge in [0.15, 0.2) is 0 Å². The summed E-state index contributed by atoms with van der Waals surface area (Å²) < 4.78 is 12.8. The van der Waals surface area contributed by atoms with Crippen molar-refractivity contribution in [2.75, 3.05) is 0 Å². The van der Waals surface area contributed by atoms with Crippen LogP contribution in [0, 0.1) is 5.82 Å². The molecule has 1 atom stereocenters. The third kappa shape index (κ3) is 2.25.